The van der Waals surface area contributed by atoms with Gasteiger partial charge in [-0.25, -0.2) is 13.8 Å². The normalized spacial score (nSPS) is 23.8. The van der Waals surface area contributed by atoms with Gasteiger partial charge >= 0.3 is 0 Å². The molecule has 2 saturated carbocycles. The smallest absolute Gasteiger partial charge is 0.273 e. The Bertz CT molecular complexity index is 1050. The minimum Gasteiger partial charge on any atom is -0.496 e. The summed E-state index contributed by atoms with van der Waals surface area (Å²) in [7, 11) is 1.52. The molecule has 2 N–H and O–H groups in total. The highest BCUT2D eigenvalue weighted by molar-refractivity contribution is 6.36. The van der Waals surface area contributed by atoms with Crippen molar-refractivity contribution in [3.8, 4) is 17.0 Å². The molecule has 2 aromatic rings. The second-order valence-electron chi connectivity index (χ2n) is 9.87. The van der Waals surface area contributed by atoms with Crippen molar-refractivity contribution in [2.24, 2.45) is 11.8 Å². The zero-order valence-corrected chi connectivity index (χ0v) is 21.3. The van der Waals surface area contributed by atoms with Crippen molar-refractivity contribution in [3.05, 3.63) is 23.0 Å². The molecule has 2 aliphatic rings. The number of halogens is 3. The molecule has 2 aromatic heterocycles. The highest BCUT2D eigenvalue weighted by atomic mass is 35.5. The number of alkyl halides is 2. The van der Waals surface area contributed by atoms with Crippen LogP contribution >= 0.6 is 11.6 Å². The fourth-order valence-corrected chi connectivity index (χ4v) is 5.39. The molecule has 192 valence electrons. The monoisotopic (exact) mass is 509 g/mol. The number of aromatic nitrogens is 3. The zero-order chi connectivity index (χ0) is 25.2. The predicted octanol–water partition coefficient (Wildman–Crippen LogP) is 5.78. The van der Waals surface area contributed by atoms with Crippen LogP contribution in [-0.4, -0.2) is 46.3 Å². The van der Waals surface area contributed by atoms with Gasteiger partial charge in [-0.15, -0.1) is 0 Å². The van der Waals surface area contributed by atoms with Gasteiger partial charge in [0.1, 0.15) is 11.6 Å². The Hall–Kier alpha value is -2.42. The summed E-state index contributed by atoms with van der Waals surface area (Å²) in [5.41, 5.74) is 1.29. The quantitative estimate of drug-likeness (QED) is 0.471. The number of aryl methyl sites for hydroxylation is 1. The SMILES string of the molecule is CCn1nc(C(=O)NCC2CCC(C)CC2)c(Cl)c1-c1cnc(N[C@H]2CCC(F)(F)C2)cc1OC. The van der Waals surface area contributed by atoms with E-state index < -0.39 is 5.92 Å². The lowest BCUT2D eigenvalue weighted by molar-refractivity contribution is 0.00851. The number of carbonyl (C=O) groups excluding carboxylic acids is 1. The van der Waals surface area contributed by atoms with Crippen LogP contribution in [0.3, 0.4) is 0 Å². The van der Waals surface area contributed by atoms with E-state index in [1.165, 1.54) is 20.0 Å². The Kier molecular flexibility index (Phi) is 7.83. The first kappa shape index (κ1) is 25.7. The fourth-order valence-electron chi connectivity index (χ4n) is 5.07. The average Bonchev–Trinajstić information content (AvgIpc) is 3.36. The van der Waals surface area contributed by atoms with Crippen LogP contribution in [0.25, 0.3) is 11.3 Å². The highest BCUT2D eigenvalue weighted by Gasteiger charge is 2.39. The van der Waals surface area contributed by atoms with Crippen molar-refractivity contribution in [1.29, 1.82) is 0 Å². The fraction of sp³-hybridized carbons (Fsp3) is 0.640. The van der Waals surface area contributed by atoms with E-state index in [0.717, 1.165) is 18.8 Å². The van der Waals surface area contributed by atoms with Gasteiger partial charge in [-0.05, 0) is 38.0 Å². The summed E-state index contributed by atoms with van der Waals surface area (Å²) < 4.78 is 34.3. The van der Waals surface area contributed by atoms with E-state index in [9.17, 15) is 13.6 Å². The Morgan fingerprint density at radius 2 is 2.03 bits per heavy atom. The topological polar surface area (TPSA) is 81.1 Å². The molecule has 2 aliphatic carbocycles. The van der Waals surface area contributed by atoms with E-state index in [1.54, 1.807) is 16.9 Å². The maximum atomic E-state index is 13.6. The van der Waals surface area contributed by atoms with E-state index in [2.05, 4.69) is 27.6 Å². The third kappa shape index (κ3) is 5.88. The van der Waals surface area contributed by atoms with E-state index >= 15 is 0 Å². The standard InChI is InChI=1S/C25H34ClF2N5O2/c1-4-33-23(21(26)22(32-33)24(34)30-13-16-7-5-15(2)6-8-16)18-14-29-20(11-19(18)35-3)31-17-9-10-25(27,28)12-17/h11,14-17H,4-10,12-13H2,1-3H3,(H,29,31)(H,30,34)/t15?,16?,17-/m0/s1. The summed E-state index contributed by atoms with van der Waals surface area (Å²) >= 11 is 6.69. The van der Waals surface area contributed by atoms with Gasteiger partial charge in [-0.2, -0.15) is 5.10 Å². The number of pyridine rings is 1. The van der Waals surface area contributed by atoms with Gasteiger partial charge in [0.25, 0.3) is 5.91 Å². The summed E-state index contributed by atoms with van der Waals surface area (Å²) in [6.07, 6.45) is 6.23. The summed E-state index contributed by atoms with van der Waals surface area (Å²) in [5, 5.41) is 10.8. The second kappa shape index (κ2) is 10.7. The first-order valence-electron chi connectivity index (χ1n) is 12.4. The van der Waals surface area contributed by atoms with Crippen LogP contribution in [0.4, 0.5) is 14.6 Å². The van der Waals surface area contributed by atoms with Gasteiger partial charge in [-0.1, -0.05) is 31.4 Å². The first-order valence-corrected chi connectivity index (χ1v) is 12.8. The molecule has 1 amide bonds. The van der Waals surface area contributed by atoms with Crippen molar-refractivity contribution in [3.63, 3.8) is 0 Å². The van der Waals surface area contributed by atoms with Crippen molar-refractivity contribution < 1.29 is 18.3 Å². The van der Waals surface area contributed by atoms with Crippen LogP contribution in [0.1, 0.15) is 69.3 Å². The summed E-state index contributed by atoms with van der Waals surface area (Å²) in [5.74, 6) is -0.794. The largest absolute Gasteiger partial charge is 0.496 e. The van der Waals surface area contributed by atoms with Crippen molar-refractivity contribution in [2.45, 2.75) is 77.3 Å². The average molecular weight is 510 g/mol. The molecule has 0 bridgehead atoms. The number of hydrogen-bond donors (Lipinski definition) is 2. The van der Waals surface area contributed by atoms with Crippen molar-refractivity contribution >= 4 is 23.3 Å². The molecule has 0 saturated heterocycles. The molecule has 0 radical (unpaired) electrons. The van der Waals surface area contributed by atoms with Gasteiger partial charge in [0.15, 0.2) is 5.69 Å². The van der Waals surface area contributed by atoms with E-state index in [4.69, 9.17) is 16.3 Å². The number of nitrogens with zero attached hydrogens (tertiary/aromatic N) is 3. The van der Waals surface area contributed by atoms with Crippen molar-refractivity contribution in [1.82, 2.24) is 20.1 Å². The van der Waals surface area contributed by atoms with E-state index in [0.29, 0.717) is 48.3 Å². The highest BCUT2D eigenvalue weighted by Crippen LogP contribution is 2.39. The minimum absolute atomic E-state index is 0.129. The van der Waals surface area contributed by atoms with Crippen molar-refractivity contribution in [2.75, 3.05) is 19.0 Å². The Morgan fingerprint density at radius 3 is 2.66 bits per heavy atom. The number of hydrogen-bond acceptors (Lipinski definition) is 5. The van der Waals surface area contributed by atoms with Gasteiger partial charge in [-0.3, -0.25) is 9.48 Å². The molecule has 35 heavy (non-hydrogen) atoms. The number of amides is 1. The predicted molar refractivity (Wildman–Crippen MR) is 132 cm³/mol. The zero-order valence-electron chi connectivity index (χ0n) is 20.5. The molecule has 0 aromatic carbocycles. The first-order chi connectivity index (χ1) is 16.7. The number of carbonyl (C=O) groups is 1. The molecule has 0 aliphatic heterocycles. The number of rotatable bonds is 8. The van der Waals surface area contributed by atoms with Crippen LogP contribution in [0.2, 0.25) is 5.02 Å². The molecule has 0 unspecified atom stereocenters. The molecule has 1 atom stereocenters. The lowest BCUT2D eigenvalue weighted by Gasteiger charge is -2.26. The second-order valence-corrected chi connectivity index (χ2v) is 10.3. The van der Waals surface area contributed by atoms with Crippen LogP contribution < -0.4 is 15.4 Å². The molecular weight excluding hydrogens is 476 g/mol. The third-order valence-corrected chi connectivity index (χ3v) is 7.55. The van der Waals surface area contributed by atoms with Gasteiger partial charge in [0.05, 0.1) is 23.4 Å². The maximum absolute atomic E-state index is 13.6. The van der Waals surface area contributed by atoms with Gasteiger partial charge in [0.2, 0.25) is 5.92 Å². The molecule has 0 spiro atoms. The van der Waals surface area contributed by atoms with Crippen LogP contribution in [0.15, 0.2) is 12.3 Å². The third-order valence-electron chi connectivity index (χ3n) is 7.19. The molecular formula is C25H34ClF2N5O2. The number of ether oxygens (including phenoxy) is 1. The van der Waals surface area contributed by atoms with Crippen LogP contribution in [0.5, 0.6) is 5.75 Å². The molecule has 7 nitrogen and oxygen atoms in total. The molecule has 2 fully saturated rings. The molecule has 10 heteroatoms. The Balaban J connectivity index is 1.52. The summed E-state index contributed by atoms with van der Waals surface area (Å²) in [6, 6.07) is 1.32. The number of anilines is 1. The molecule has 2 heterocycles. The van der Waals surface area contributed by atoms with Crippen LogP contribution in [0, 0.1) is 11.8 Å². The van der Waals surface area contributed by atoms with E-state index in [1.807, 2.05) is 6.92 Å². The minimum atomic E-state index is -2.64. The summed E-state index contributed by atoms with van der Waals surface area (Å²) in [4.78, 5) is 17.4. The Morgan fingerprint density at radius 1 is 1.29 bits per heavy atom. The maximum Gasteiger partial charge on any atom is 0.273 e. The summed E-state index contributed by atoms with van der Waals surface area (Å²) in [6.45, 7) is 5.28. The number of methoxy groups -OCH3 is 1. The Labute approximate surface area is 210 Å². The molecule has 4 rings (SSSR count). The van der Waals surface area contributed by atoms with Gasteiger partial charge in [0, 0.05) is 44.2 Å². The number of nitrogens with one attached hydrogen (secondary N) is 2. The van der Waals surface area contributed by atoms with E-state index in [-0.39, 0.29) is 35.5 Å². The van der Waals surface area contributed by atoms with Crippen LogP contribution in [-0.2, 0) is 6.54 Å². The lowest BCUT2D eigenvalue weighted by Crippen LogP contribution is -2.31. The lowest BCUT2D eigenvalue weighted by atomic mass is 9.83. The van der Waals surface area contributed by atoms with Gasteiger partial charge < -0.3 is 15.4 Å².